The van der Waals surface area contributed by atoms with Gasteiger partial charge in [-0.15, -0.1) is 0 Å². The van der Waals surface area contributed by atoms with Crippen molar-refractivity contribution in [1.82, 2.24) is 4.90 Å². The molecule has 1 heterocycles. The summed E-state index contributed by atoms with van der Waals surface area (Å²) < 4.78 is 28.8. The number of anilines is 1. The molecule has 1 fully saturated rings. The number of hydrogen-bond acceptors (Lipinski definition) is 6. The van der Waals surface area contributed by atoms with Crippen LogP contribution in [0.1, 0.15) is 13.8 Å². The molecule has 1 aliphatic rings. The first-order valence-corrected chi connectivity index (χ1v) is 9.83. The Bertz CT molecular complexity index is 523. The molecular formula is C16H27N2O4P. The Balaban J connectivity index is 1.94. The summed E-state index contributed by atoms with van der Waals surface area (Å²) >= 11 is 0. The number of piperazine rings is 1. The van der Waals surface area contributed by atoms with Crippen molar-refractivity contribution in [3.8, 4) is 5.75 Å². The third-order valence-electron chi connectivity index (χ3n) is 3.82. The maximum Gasteiger partial charge on any atom is 0.344 e. The highest BCUT2D eigenvalue weighted by atomic mass is 31.2. The first kappa shape index (κ1) is 18.3. The zero-order valence-corrected chi connectivity index (χ0v) is 15.1. The molecule has 1 aromatic carbocycles. The zero-order chi connectivity index (χ0) is 16.7. The Labute approximate surface area is 138 Å². The van der Waals surface area contributed by atoms with Gasteiger partial charge in [0.25, 0.3) is 0 Å². The van der Waals surface area contributed by atoms with E-state index in [4.69, 9.17) is 13.8 Å². The Morgan fingerprint density at radius 2 is 1.65 bits per heavy atom. The first-order valence-electron chi connectivity index (χ1n) is 8.10. The van der Waals surface area contributed by atoms with E-state index in [0.717, 1.165) is 37.6 Å². The molecule has 0 N–H and O–H groups in total. The molecule has 0 aromatic heterocycles. The maximum atomic E-state index is 12.6. The fourth-order valence-electron chi connectivity index (χ4n) is 2.78. The second-order valence-corrected chi connectivity index (χ2v) is 7.39. The van der Waals surface area contributed by atoms with Gasteiger partial charge in [0.2, 0.25) is 0 Å². The van der Waals surface area contributed by atoms with Crippen molar-refractivity contribution in [3.63, 3.8) is 0 Å². The summed E-state index contributed by atoms with van der Waals surface area (Å²) in [7, 11) is -1.32. The molecule has 1 saturated heterocycles. The van der Waals surface area contributed by atoms with Gasteiger partial charge in [-0.2, -0.15) is 0 Å². The Kier molecular flexibility index (Phi) is 6.90. The van der Waals surface area contributed by atoms with Crippen LogP contribution < -0.4 is 9.64 Å². The van der Waals surface area contributed by atoms with Crippen LogP contribution in [0, 0.1) is 0 Å². The zero-order valence-electron chi connectivity index (χ0n) is 14.2. The third-order valence-corrected chi connectivity index (χ3v) is 5.87. The monoisotopic (exact) mass is 342 g/mol. The minimum atomic E-state index is -3.01. The average Bonchev–Trinajstić information content (AvgIpc) is 2.56. The standard InChI is InChI=1S/C16H27N2O4P/c1-4-21-23(19,22-5-2)14-17-10-12-18(13-11-17)15-8-6-7-9-16(15)20-3/h6-9H,4-5,10-14H2,1-3H3. The molecule has 6 nitrogen and oxygen atoms in total. The smallest absolute Gasteiger partial charge is 0.344 e. The molecule has 0 unspecified atom stereocenters. The van der Waals surface area contributed by atoms with Gasteiger partial charge in [0.15, 0.2) is 0 Å². The lowest BCUT2D eigenvalue weighted by atomic mass is 10.2. The van der Waals surface area contributed by atoms with Crippen molar-refractivity contribution in [2.75, 3.05) is 57.7 Å². The van der Waals surface area contributed by atoms with Gasteiger partial charge in [0.05, 0.1) is 26.0 Å². The van der Waals surface area contributed by atoms with Gasteiger partial charge in [0, 0.05) is 26.2 Å². The minimum absolute atomic E-state index is 0.356. The fourth-order valence-corrected chi connectivity index (χ4v) is 4.58. The Morgan fingerprint density at radius 3 is 2.22 bits per heavy atom. The maximum absolute atomic E-state index is 12.6. The third kappa shape index (κ3) is 4.95. The molecule has 0 atom stereocenters. The van der Waals surface area contributed by atoms with Crippen LogP contribution in [-0.2, 0) is 13.6 Å². The molecular weight excluding hydrogens is 315 g/mol. The summed E-state index contributed by atoms with van der Waals surface area (Å²) in [5.41, 5.74) is 1.10. The highest BCUT2D eigenvalue weighted by molar-refractivity contribution is 7.53. The van der Waals surface area contributed by atoms with E-state index in [2.05, 4.69) is 15.9 Å². The topological polar surface area (TPSA) is 51.2 Å². The largest absolute Gasteiger partial charge is 0.495 e. The van der Waals surface area contributed by atoms with E-state index in [-0.39, 0.29) is 0 Å². The van der Waals surface area contributed by atoms with E-state index < -0.39 is 7.60 Å². The van der Waals surface area contributed by atoms with Crippen molar-refractivity contribution in [3.05, 3.63) is 24.3 Å². The van der Waals surface area contributed by atoms with Crippen LogP contribution in [0.5, 0.6) is 5.75 Å². The van der Waals surface area contributed by atoms with Crippen molar-refractivity contribution >= 4 is 13.3 Å². The number of benzene rings is 1. The van der Waals surface area contributed by atoms with Crippen LogP contribution in [0.2, 0.25) is 0 Å². The van der Waals surface area contributed by atoms with Gasteiger partial charge in [0.1, 0.15) is 12.0 Å². The van der Waals surface area contributed by atoms with Crippen LogP contribution in [-0.4, -0.2) is 57.7 Å². The van der Waals surface area contributed by atoms with Crippen LogP contribution in [0.4, 0.5) is 5.69 Å². The molecule has 130 valence electrons. The van der Waals surface area contributed by atoms with Crippen molar-refractivity contribution < 1.29 is 18.3 Å². The fraction of sp³-hybridized carbons (Fsp3) is 0.625. The number of hydrogen-bond donors (Lipinski definition) is 0. The number of para-hydroxylation sites is 2. The molecule has 1 aromatic rings. The second-order valence-electron chi connectivity index (χ2n) is 5.36. The highest BCUT2D eigenvalue weighted by Crippen LogP contribution is 2.48. The summed E-state index contributed by atoms with van der Waals surface area (Å²) in [5, 5.41) is 0. The van der Waals surface area contributed by atoms with Gasteiger partial charge in [-0.25, -0.2) is 0 Å². The number of ether oxygens (including phenoxy) is 1. The summed E-state index contributed by atoms with van der Waals surface area (Å²) in [6.45, 7) is 7.84. The quantitative estimate of drug-likeness (QED) is 0.677. The van der Waals surface area contributed by atoms with Crippen molar-refractivity contribution in [1.29, 1.82) is 0 Å². The summed E-state index contributed by atoms with van der Waals surface area (Å²) in [6, 6.07) is 8.03. The predicted molar refractivity (Wildman–Crippen MR) is 92.5 cm³/mol. The number of rotatable bonds is 8. The van der Waals surface area contributed by atoms with Gasteiger partial charge in [-0.1, -0.05) is 12.1 Å². The predicted octanol–water partition coefficient (Wildman–Crippen LogP) is 3.04. The molecule has 0 radical (unpaired) electrons. The van der Waals surface area contributed by atoms with Gasteiger partial charge in [-0.3, -0.25) is 9.46 Å². The molecule has 0 aliphatic carbocycles. The molecule has 7 heteroatoms. The highest BCUT2D eigenvalue weighted by Gasteiger charge is 2.29. The van der Waals surface area contributed by atoms with Crippen LogP contribution in [0.25, 0.3) is 0 Å². The molecule has 0 amide bonds. The lowest BCUT2D eigenvalue weighted by Crippen LogP contribution is -2.46. The molecule has 23 heavy (non-hydrogen) atoms. The van der Waals surface area contributed by atoms with E-state index in [1.807, 2.05) is 32.0 Å². The Hall–Kier alpha value is -1.07. The van der Waals surface area contributed by atoms with Gasteiger partial charge in [-0.05, 0) is 26.0 Å². The molecule has 0 saturated carbocycles. The van der Waals surface area contributed by atoms with E-state index in [9.17, 15) is 4.57 Å². The first-order chi connectivity index (χ1) is 11.1. The normalized spacial score (nSPS) is 16.6. The SMILES string of the molecule is CCOP(=O)(CN1CCN(c2ccccc2OC)CC1)OCC. The van der Waals surface area contributed by atoms with Gasteiger partial charge < -0.3 is 18.7 Å². The Morgan fingerprint density at radius 1 is 1.04 bits per heavy atom. The molecule has 0 spiro atoms. The van der Waals surface area contributed by atoms with Crippen LogP contribution in [0.15, 0.2) is 24.3 Å². The number of methoxy groups -OCH3 is 1. The van der Waals surface area contributed by atoms with Crippen molar-refractivity contribution in [2.24, 2.45) is 0 Å². The van der Waals surface area contributed by atoms with E-state index >= 15 is 0 Å². The van der Waals surface area contributed by atoms with E-state index in [1.54, 1.807) is 7.11 Å². The summed E-state index contributed by atoms with van der Waals surface area (Å²) in [6.07, 6.45) is 0.356. The molecule has 1 aliphatic heterocycles. The summed E-state index contributed by atoms with van der Waals surface area (Å²) in [5.74, 6) is 0.884. The lowest BCUT2D eigenvalue weighted by Gasteiger charge is -2.37. The van der Waals surface area contributed by atoms with Crippen LogP contribution >= 0.6 is 7.60 Å². The van der Waals surface area contributed by atoms with Gasteiger partial charge >= 0.3 is 7.60 Å². The minimum Gasteiger partial charge on any atom is -0.495 e. The van der Waals surface area contributed by atoms with E-state index in [0.29, 0.717) is 19.5 Å². The number of nitrogens with zero attached hydrogens (tertiary/aromatic N) is 2. The molecule has 0 bridgehead atoms. The molecule has 2 rings (SSSR count). The average molecular weight is 342 g/mol. The van der Waals surface area contributed by atoms with Crippen LogP contribution in [0.3, 0.4) is 0 Å². The van der Waals surface area contributed by atoms with Crippen molar-refractivity contribution in [2.45, 2.75) is 13.8 Å². The summed E-state index contributed by atoms with van der Waals surface area (Å²) in [4.78, 5) is 4.44. The van der Waals surface area contributed by atoms with E-state index in [1.165, 1.54) is 0 Å². The second kappa shape index (κ2) is 8.69. The lowest BCUT2D eigenvalue weighted by molar-refractivity contribution is 0.192.